The molecule has 2 fully saturated rings. The van der Waals surface area contributed by atoms with Gasteiger partial charge in [0.25, 0.3) is 0 Å². The van der Waals surface area contributed by atoms with Crippen LogP contribution in [0.3, 0.4) is 0 Å². The largest absolute Gasteiger partial charge is 0.467 e. The normalized spacial score (nSPS) is 28.5. The zero-order valence-corrected chi connectivity index (χ0v) is 14.2. The summed E-state index contributed by atoms with van der Waals surface area (Å²) in [7, 11) is -3.36. The minimum absolute atomic E-state index is 0.180. The maximum atomic E-state index is 12.6. The van der Waals surface area contributed by atoms with Gasteiger partial charge in [-0.15, -0.1) is 0 Å². The Labute approximate surface area is 137 Å². The van der Waals surface area contributed by atoms with Crippen LogP contribution in [0.5, 0.6) is 0 Å². The van der Waals surface area contributed by atoms with E-state index in [0.29, 0.717) is 24.6 Å². The van der Waals surface area contributed by atoms with Crippen LogP contribution in [0.1, 0.15) is 38.4 Å². The molecule has 1 aliphatic carbocycles. The second-order valence-corrected chi connectivity index (χ2v) is 8.75. The van der Waals surface area contributed by atoms with Gasteiger partial charge < -0.3 is 9.73 Å². The van der Waals surface area contributed by atoms with Gasteiger partial charge >= 0.3 is 0 Å². The highest BCUT2D eigenvalue weighted by Gasteiger charge is 2.41. The van der Waals surface area contributed by atoms with Crippen LogP contribution in [0, 0.1) is 11.8 Å². The lowest BCUT2D eigenvalue weighted by molar-refractivity contribution is -0.124. The van der Waals surface area contributed by atoms with Crippen molar-refractivity contribution in [2.75, 3.05) is 12.3 Å². The van der Waals surface area contributed by atoms with Gasteiger partial charge in [0.05, 0.1) is 18.6 Å². The summed E-state index contributed by atoms with van der Waals surface area (Å²) in [5.41, 5.74) is 0. The first-order chi connectivity index (χ1) is 11.0. The van der Waals surface area contributed by atoms with Gasteiger partial charge in [0.15, 0.2) is 0 Å². The lowest BCUT2D eigenvalue weighted by atomic mass is 9.77. The summed E-state index contributed by atoms with van der Waals surface area (Å²) in [4.78, 5) is 12.4. The third-order valence-corrected chi connectivity index (χ3v) is 6.84. The first kappa shape index (κ1) is 16.5. The average molecular weight is 340 g/mol. The molecule has 128 valence electrons. The molecule has 2 heterocycles. The third-order valence-electron chi connectivity index (χ3n) is 4.80. The molecule has 3 rings (SSSR count). The number of rotatable bonds is 6. The van der Waals surface area contributed by atoms with Gasteiger partial charge in [0.2, 0.25) is 15.9 Å². The Kier molecular flexibility index (Phi) is 4.77. The fourth-order valence-electron chi connectivity index (χ4n) is 3.64. The van der Waals surface area contributed by atoms with E-state index in [4.69, 9.17) is 4.42 Å². The smallest absolute Gasteiger partial charge is 0.238 e. The highest BCUT2D eigenvalue weighted by molar-refractivity contribution is 7.89. The van der Waals surface area contributed by atoms with Crippen molar-refractivity contribution >= 4 is 15.9 Å². The van der Waals surface area contributed by atoms with Crippen LogP contribution < -0.4 is 5.32 Å². The van der Waals surface area contributed by atoms with Crippen LogP contribution in [0.15, 0.2) is 22.8 Å². The van der Waals surface area contributed by atoms with Gasteiger partial charge in [0, 0.05) is 6.54 Å². The topological polar surface area (TPSA) is 79.6 Å². The van der Waals surface area contributed by atoms with E-state index in [2.05, 4.69) is 12.2 Å². The average Bonchev–Trinajstić information content (AvgIpc) is 3.14. The molecule has 0 aromatic carbocycles. The zero-order chi connectivity index (χ0) is 16.4. The molecule has 1 atom stereocenters. The maximum Gasteiger partial charge on any atom is 0.238 e. The van der Waals surface area contributed by atoms with Gasteiger partial charge in [-0.25, -0.2) is 8.42 Å². The van der Waals surface area contributed by atoms with Crippen molar-refractivity contribution in [2.45, 2.75) is 45.2 Å². The first-order valence-corrected chi connectivity index (χ1v) is 9.86. The van der Waals surface area contributed by atoms with Crippen LogP contribution in [0.4, 0.5) is 0 Å². The molecule has 0 bridgehead atoms. The molecule has 2 aliphatic rings. The number of sulfonamides is 1. The van der Waals surface area contributed by atoms with Crippen LogP contribution in [0.25, 0.3) is 0 Å². The highest BCUT2D eigenvalue weighted by Crippen LogP contribution is 2.35. The predicted octanol–water partition coefficient (Wildman–Crippen LogP) is 1.74. The van der Waals surface area contributed by atoms with Crippen molar-refractivity contribution in [3.05, 3.63) is 24.2 Å². The molecular formula is C16H24N2O4S. The van der Waals surface area contributed by atoms with E-state index >= 15 is 0 Å². The number of hydrogen-bond acceptors (Lipinski definition) is 4. The number of nitrogens with zero attached hydrogens (tertiary/aromatic N) is 1. The molecule has 0 radical (unpaired) electrons. The second-order valence-electron chi connectivity index (χ2n) is 6.79. The van der Waals surface area contributed by atoms with Crippen LogP contribution in [-0.4, -0.2) is 37.0 Å². The standard InChI is InChI=1S/C16H24N2O4S/c1-12-8-13(9-12)11-23(20,21)18-6-2-5-15(18)16(19)17-10-14-4-3-7-22-14/h3-4,7,12-13,15H,2,5-6,8-11H2,1H3,(H,17,19). The summed E-state index contributed by atoms with van der Waals surface area (Å²) in [6.45, 7) is 2.88. The van der Waals surface area contributed by atoms with E-state index in [9.17, 15) is 13.2 Å². The first-order valence-electron chi connectivity index (χ1n) is 8.25. The number of furan rings is 1. The summed E-state index contributed by atoms with van der Waals surface area (Å²) in [5, 5.41) is 2.78. The molecule has 1 aliphatic heterocycles. The molecule has 1 aromatic rings. The highest BCUT2D eigenvalue weighted by atomic mass is 32.2. The molecule has 1 aromatic heterocycles. The van der Waals surface area contributed by atoms with Crippen molar-refractivity contribution in [3.8, 4) is 0 Å². The molecule has 1 saturated heterocycles. The Hall–Kier alpha value is -1.34. The molecular weight excluding hydrogens is 316 g/mol. The van der Waals surface area contributed by atoms with Crippen molar-refractivity contribution in [1.82, 2.24) is 9.62 Å². The minimum Gasteiger partial charge on any atom is -0.467 e. The van der Waals surface area contributed by atoms with Crippen LogP contribution in [-0.2, 0) is 21.4 Å². The minimum atomic E-state index is -3.36. The van der Waals surface area contributed by atoms with Crippen LogP contribution in [0.2, 0.25) is 0 Å². The molecule has 6 nitrogen and oxygen atoms in total. The van der Waals surface area contributed by atoms with Crippen molar-refractivity contribution in [1.29, 1.82) is 0 Å². The Bertz CT molecular complexity index is 635. The molecule has 7 heteroatoms. The van der Waals surface area contributed by atoms with E-state index < -0.39 is 16.1 Å². The lowest BCUT2D eigenvalue weighted by Gasteiger charge is -2.34. The number of amides is 1. The summed E-state index contributed by atoms with van der Waals surface area (Å²) in [6.07, 6.45) is 4.82. The summed E-state index contributed by atoms with van der Waals surface area (Å²) < 4.78 is 31.8. The van der Waals surface area contributed by atoms with E-state index in [-0.39, 0.29) is 24.1 Å². The summed E-state index contributed by atoms with van der Waals surface area (Å²) in [5.74, 6) is 1.49. The third kappa shape index (κ3) is 3.77. The van der Waals surface area contributed by atoms with Crippen molar-refractivity contribution < 1.29 is 17.6 Å². The fraction of sp³-hybridized carbons (Fsp3) is 0.688. The zero-order valence-electron chi connectivity index (χ0n) is 13.4. The SMILES string of the molecule is CC1CC(CS(=O)(=O)N2CCCC2C(=O)NCc2ccco2)C1. The number of nitrogens with one attached hydrogen (secondary N) is 1. The predicted molar refractivity (Wildman–Crippen MR) is 86.0 cm³/mol. The number of carbonyl (C=O) groups is 1. The molecule has 1 unspecified atom stereocenters. The summed E-state index contributed by atoms with van der Waals surface area (Å²) >= 11 is 0. The molecule has 0 spiro atoms. The Morgan fingerprint density at radius 2 is 2.22 bits per heavy atom. The Morgan fingerprint density at radius 1 is 1.43 bits per heavy atom. The van der Waals surface area contributed by atoms with E-state index in [0.717, 1.165) is 19.3 Å². The lowest BCUT2D eigenvalue weighted by Crippen LogP contribution is -2.47. The van der Waals surface area contributed by atoms with Crippen molar-refractivity contribution in [3.63, 3.8) is 0 Å². The molecule has 1 amide bonds. The molecule has 23 heavy (non-hydrogen) atoms. The van der Waals surface area contributed by atoms with Crippen molar-refractivity contribution in [2.24, 2.45) is 11.8 Å². The second kappa shape index (κ2) is 6.65. The fourth-order valence-corrected chi connectivity index (χ4v) is 5.69. The van der Waals surface area contributed by atoms with E-state index in [1.165, 1.54) is 4.31 Å². The molecule has 1 saturated carbocycles. The quantitative estimate of drug-likeness (QED) is 0.855. The Balaban J connectivity index is 1.58. The Morgan fingerprint density at radius 3 is 2.87 bits per heavy atom. The monoisotopic (exact) mass is 340 g/mol. The van der Waals surface area contributed by atoms with Gasteiger partial charge in [-0.05, 0) is 49.7 Å². The van der Waals surface area contributed by atoms with Gasteiger partial charge in [-0.3, -0.25) is 4.79 Å². The maximum absolute atomic E-state index is 12.6. The van der Waals surface area contributed by atoms with Gasteiger partial charge in [0.1, 0.15) is 11.8 Å². The van der Waals surface area contributed by atoms with Gasteiger partial charge in [-0.2, -0.15) is 4.31 Å². The van der Waals surface area contributed by atoms with E-state index in [1.54, 1.807) is 18.4 Å². The number of carbonyl (C=O) groups excluding carboxylic acids is 1. The van der Waals surface area contributed by atoms with Crippen LogP contribution >= 0.6 is 0 Å². The summed E-state index contributed by atoms with van der Waals surface area (Å²) in [6, 6.07) is 2.96. The molecule has 1 N–H and O–H groups in total. The van der Waals surface area contributed by atoms with E-state index in [1.807, 2.05) is 0 Å². The van der Waals surface area contributed by atoms with Gasteiger partial charge in [-0.1, -0.05) is 6.92 Å². The number of hydrogen-bond donors (Lipinski definition) is 1.